The van der Waals surface area contributed by atoms with Crippen LogP contribution in [0.5, 0.6) is 0 Å². The molecule has 0 aliphatic heterocycles. The van der Waals surface area contributed by atoms with Gasteiger partial charge < -0.3 is 10.2 Å². The van der Waals surface area contributed by atoms with Crippen molar-refractivity contribution in [2.75, 3.05) is 13.6 Å². The molecule has 21 heavy (non-hydrogen) atoms. The van der Waals surface area contributed by atoms with E-state index in [1.807, 2.05) is 33.4 Å². The van der Waals surface area contributed by atoms with E-state index in [9.17, 15) is 0 Å². The highest BCUT2D eigenvalue weighted by Crippen LogP contribution is 2.10. The first-order valence-corrected chi connectivity index (χ1v) is 7.84. The normalized spacial score (nSPS) is 11.7. The van der Waals surface area contributed by atoms with Crippen molar-refractivity contribution in [3.05, 3.63) is 34.0 Å². The summed E-state index contributed by atoms with van der Waals surface area (Å²) in [6.07, 6.45) is 3.83. The summed E-state index contributed by atoms with van der Waals surface area (Å²) in [6, 6.07) is 0. The predicted octanol–water partition coefficient (Wildman–Crippen LogP) is 1.78. The van der Waals surface area contributed by atoms with Gasteiger partial charge in [0.15, 0.2) is 5.96 Å². The van der Waals surface area contributed by atoms with E-state index >= 15 is 0 Å². The fourth-order valence-electron chi connectivity index (χ4n) is 1.99. The average molecular weight is 306 g/mol. The minimum atomic E-state index is 0.622. The molecule has 0 aliphatic carbocycles. The molecule has 6 nitrogen and oxygen atoms in total. The first-order chi connectivity index (χ1) is 10.1. The second kappa shape index (κ2) is 7.21. The molecular weight excluding hydrogens is 284 g/mol. The van der Waals surface area contributed by atoms with Crippen molar-refractivity contribution in [1.29, 1.82) is 0 Å². The molecule has 1 N–H and O–H groups in total. The van der Waals surface area contributed by atoms with Gasteiger partial charge in [0.05, 0.1) is 30.0 Å². The largest absolute Gasteiger partial charge is 0.357 e. The summed E-state index contributed by atoms with van der Waals surface area (Å²) in [5.41, 5.74) is 2.18. The van der Waals surface area contributed by atoms with Crippen molar-refractivity contribution in [2.45, 2.75) is 26.9 Å². The van der Waals surface area contributed by atoms with Gasteiger partial charge in [-0.1, -0.05) is 0 Å². The lowest BCUT2D eigenvalue weighted by atomic mass is 10.4. The van der Waals surface area contributed by atoms with Gasteiger partial charge in [-0.15, -0.1) is 11.3 Å². The zero-order chi connectivity index (χ0) is 15.2. The number of thiazole rings is 1. The van der Waals surface area contributed by atoms with Crippen LogP contribution >= 0.6 is 11.3 Å². The van der Waals surface area contributed by atoms with Gasteiger partial charge in [0.1, 0.15) is 0 Å². The van der Waals surface area contributed by atoms with Crippen LogP contribution in [0.4, 0.5) is 0 Å². The van der Waals surface area contributed by atoms with Crippen LogP contribution in [0.1, 0.15) is 23.2 Å². The second-order valence-corrected chi connectivity index (χ2v) is 5.97. The van der Waals surface area contributed by atoms with E-state index in [0.717, 1.165) is 35.3 Å². The van der Waals surface area contributed by atoms with Crippen LogP contribution in [0.15, 0.2) is 22.8 Å². The summed E-state index contributed by atoms with van der Waals surface area (Å²) in [7, 11) is 3.94. The molecule has 7 heteroatoms. The molecule has 0 atom stereocenters. The molecule has 2 aromatic heterocycles. The Hall–Kier alpha value is -1.89. The monoisotopic (exact) mass is 306 g/mol. The Labute approximate surface area is 129 Å². The van der Waals surface area contributed by atoms with Gasteiger partial charge in [-0.3, -0.25) is 4.68 Å². The molecule has 0 amide bonds. The third kappa shape index (κ3) is 4.56. The molecule has 0 aliphatic rings. The minimum absolute atomic E-state index is 0.622. The van der Waals surface area contributed by atoms with E-state index in [0.29, 0.717) is 6.54 Å². The van der Waals surface area contributed by atoms with Crippen molar-refractivity contribution in [3.8, 4) is 0 Å². The highest BCUT2D eigenvalue weighted by molar-refractivity contribution is 7.09. The van der Waals surface area contributed by atoms with Crippen molar-refractivity contribution < 1.29 is 0 Å². The van der Waals surface area contributed by atoms with Gasteiger partial charge in [0, 0.05) is 37.8 Å². The number of rotatable bonds is 5. The highest BCUT2D eigenvalue weighted by Gasteiger charge is 2.08. The lowest BCUT2D eigenvalue weighted by molar-refractivity contribution is 0.471. The fraction of sp³-hybridized carbons (Fsp3) is 0.500. The molecule has 0 unspecified atom stereocenters. The molecule has 114 valence electrons. The highest BCUT2D eigenvalue weighted by atomic mass is 32.1. The SMILES string of the molecule is CCNC(=NCc1cnn(C)c1)N(C)Cc1csc(C)n1. The van der Waals surface area contributed by atoms with Crippen LogP contribution in [-0.2, 0) is 20.1 Å². The first-order valence-electron chi connectivity index (χ1n) is 6.96. The van der Waals surface area contributed by atoms with E-state index in [-0.39, 0.29) is 0 Å². The number of hydrogen-bond donors (Lipinski definition) is 1. The Kier molecular flexibility index (Phi) is 5.32. The lowest BCUT2D eigenvalue weighted by Crippen LogP contribution is -2.38. The molecule has 0 fully saturated rings. The van der Waals surface area contributed by atoms with Crippen LogP contribution in [0.25, 0.3) is 0 Å². The second-order valence-electron chi connectivity index (χ2n) is 4.91. The number of guanidine groups is 1. The van der Waals surface area contributed by atoms with E-state index in [1.54, 1.807) is 16.0 Å². The van der Waals surface area contributed by atoms with Crippen LogP contribution in [0.2, 0.25) is 0 Å². The van der Waals surface area contributed by atoms with Crippen LogP contribution in [0.3, 0.4) is 0 Å². The molecule has 2 rings (SSSR count). The smallest absolute Gasteiger partial charge is 0.194 e. The molecule has 0 bridgehead atoms. The van der Waals surface area contributed by atoms with Gasteiger partial charge in [-0.2, -0.15) is 5.10 Å². The summed E-state index contributed by atoms with van der Waals surface area (Å²) in [5, 5.41) is 10.7. The fourth-order valence-corrected chi connectivity index (χ4v) is 2.59. The molecule has 0 saturated heterocycles. The van der Waals surface area contributed by atoms with Crippen LogP contribution < -0.4 is 5.32 Å². The molecule has 0 saturated carbocycles. The molecular formula is C14H22N6S. The minimum Gasteiger partial charge on any atom is -0.357 e. The number of hydrogen-bond acceptors (Lipinski definition) is 4. The molecule has 0 aromatic carbocycles. The molecule has 0 radical (unpaired) electrons. The maximum atomic E-state index is 4.65. The van der Waals surface area contributed by atoms with Crippen molar-refractivity contribution in [3.63, 3.8) is 0 Å². The number of nitrogens with one attached hydrogen (secondary N) is 1. The summed E-state index contributed by atoms with van der Waals surface area (Å²) < 4.78 is 1.79. The van der Waals surface area contributed by atoms with E-state index in [1.165, 1.54) is 0 Å². The quantitative estimate of drug-likeness (QED) is 0.676. The van der Waals surface area contributed by atoms with E-state index < -0.39 is 0 Å². The predicted molar refractivity (Wildman–Crippen MR) is 86.3 cm³/mol. The average Bonchev–Trinajstić information content (AvgIpc) is 3.03. The molecule has 2 heterocycles. The topological polar surface area (TPSA) is 58.3 Å². The van der Waals surface area contributed by atoms with Crippen LogP contribution in [0, 0.1) is 6.92 Å². The van der Waals surface area contributed by atoms with Gasteiger partial charge in [0.25, 0.3) is 0 Å². The van der Waals surface area contributed by atoms with Gasteiger partial charge in [-0.25, -0.2) is 9.98 Å². The Bertz CT molecular complexity index is 600. The lowest BCUT2D eigenvalue weighted by Gasteiger charge is -2.21. The van der Waals surface area contributed by atoms with Crippen LogP contribution in [-0.4, -0.2) is 39.2 Å². The van der Waals surface area contributed by atoms with E-state index in [2.05, 4.69) is 37.6 Å². The van der Waals surface area contributed by atoms with Crippen molar-refractivity contribution >= 4 is 17.3 Å². The van der Waals surface area contributed by atoms with Gasteiger partial charge in [0.2, 0.25) is 0 Å². The zero-order valence-corrected chi connectivity index (χ0v) is 13.8. The Morgan fingerprint density at radius 3 is 2.90 bits per heavy atom. The maximum Gasteiger partial charge on any atom is 0.194 e. The summed E-state index contributed by atoms with van der Waals surface area (Å²) >= 11 is 1.68. The number of aliphatic imine (C=N–C) groups is 1. The Morgan fingerprint density at radius 2 is 2.33 bits per heavy atom. The first kappa shape index (κ1) is 15.5. The number of nitrogens with zero attached hydrogens (tertiary/aromatic N) is 5. The molecule has 2 aromatic rings. The Balaban J connectivity index is 2.02. The van der Waals surface area contributed by atoms with E-state index in [4.69, 9.17) is 0 Å². The van der Waals surface area contributed by atoms with Crippen molar-refractivity contribution in [1.82, 2.24) is 25.0 Å². The Morgan fingerprint density at radius 1 is 1.52 bits per heavy atom. The summed E-state index contributed by atoms with van der Waals surface area (Å²) in [6.45, 7) is 6.31. The summed E-state index contributed by atoms with van der Waals surface area (Å²) in [5.74, 6) is 0.881. The van der Waals surface area contributed by atoms with Crippen molar-refractivity contribution in [2.24, 2.45) is 12.0 Å². The molecule has 0 spiro atoms. The third-order valence-electron chi connectivity index (χ3n) is 2.93. The number of aryl methyl sites for hydroxylation is 2. The third-order valence-corrected chi connectivity index (χ3v) is 3.75. The zero-order valence-electron chi connectivity index (χ0n) is 13.0. The standard InChI is InChI=1S/C14H22N6S/c1-5-15-14(16-6-12-7-17-20(4)8-12)19(3)9-13-10-21-11(2)18-13/h7-8,10H,5-6,9H2,1-4H3,(H,15,16). The van der Waals surface area contributed by atoms with Gasteiger partial charge in [-0.05, 0) is 13.8 Å². The summed E-state index contributed by atoms with van der Waals surface area (Å²) in [4.78, 5) is 11.2. The maximum absolute atomic E-state index is 4.65. The van der Waals surface area contributed by atoms with Gasteiger partial charge >= 0.3 is 0 Å². The number of aromatic nitrogens is 3.